The molecule has 10 nitrogen and oxygen atoms in total. The van der Waals surface area contributed by atoms with Crippen LogP contribution in [-0.4, -0.2) is 62.1 Å². The summed E-state index contributed by atoms with van der Waals surface area (Å²) in [6.07, 6.45) is 8.83. The van der Waals surface area contributed by atoms with Crippen LogP contribution in [0.5, 0.6) is 0 Å². The molecule has 210 valence electrons. The van der Waals surface area contributed by atoms with Crippen LogP contribution in [0.15, 0.2) is 78.1 Å². The van der Waals surface area contributed by atoms with Crippen molar-refractivity contribution in [2.45, 2.75) is 49.6 Å². The predicted molar refractivity (Wildman–Crippen MR) is 157 cm³/mol. The number of hydrogen-bond donors (Lipinski definition) is 2. The molecule has 1 aliphatic heterocycles. The van der Waals surface area contributed by atoms with Gasteiger partial charge in [0.15, 0.2) is 9.84 Å². The fraction of sp³-hybridized carbons (Fsp3) is 0.267. The van der Waals surface area contributed by atoms with Crippen LogP contribution in [0.25, 0.3) is 28.0 Å². The highest BCUT2D eigenvalue weighted by Crippen LogP contribution is 2.34. The lowest BCUT2D eigenvalue weighted by Crippen LogP contribution is -2.40. The first kappa shape index (κ1) is 26.7. The lowest BCUT2D eigenvalue weighted by molar-refractivity contribution is 0.0666. The summed E-state index contributed by atoms with van der Waals surface area (Å²) >= 11 is 0. The molecule has 5 heterocycles. The predicted octanol–water partition coefficient (Wildman–Crippen LogP) is 4.40. The van der Waals surface area contributed by atoms with Crippen LogP contribution in [0.2, 0.25) is 0 Å². The summed E-state index contributed by atoms with van der Waals surface area (Å²) in [5.74, 6) is 0.0156. The Bertz CT molecular complexity index is 1820. The third kappa shape index (κ3) is 4.97. The summed E-state index contributed by atoms with van der Waals surface area (Å²) < 4.78 is 27.5. The van der Waals surface area contributed by atoms with Crippen molar-refractivity contribution in [1.29, 1.82) is 0 Å². The van der Waals surface area contributed by atoms with E-state index in [9.17, 15) is 13.2 Å². The Kier molecular flexibility index (Phi) is 6.82. The van der Waals surface area contributed by atoms with Gasteiger partial charge in [-0.2, -0.15) is 5.10 Å². The van der Waals surface area contributed by atoms with Crippen molar-refractivity contribution in [3.05, 3.63) is 84.6 Å². The Balaban J connectivity index is 1.35. The van der Waals surface area contributed by atoms with Gasteiger partial charge in [0.1, 0.15) is 22.1 Å². The molecule has 0 bridgehead atoms. The van der Waals surface area contributed by atoms with Crippen LogP contribution >= 0.6 is 0 Å². The van der Waals surface area contributed by atoms with E-state index < -0.39 is 9.84 Å². The number of sulfone groups is 1. The number of benzene rings is 1. The van der Waals surface area contributed by atoms with E-state index >= 15 is 0 Å². The first-order chi connectivity index (χ1) is 19.7. The number of carbonyl (C=O) groups is 1. The third-order valence-corrected chi connectivity index (χ3v) is 9.02. The Morgan fingerprint density at radius 2 is 1.88 bits per heavy atom. The average molecular weight is 570 g/mol. The largest absolute Gasteiger partial charge is 0.384 e. The minimum Gasteiger partial charge on any atom is -0.384 e. The number of H-pyrrole nitrogens is 1. The summed E-state index contributed by atoms with van der Waals surface area (Å²) in [6.45, 7) is 2.03. The smallest absolute Gasteiger partial charge is 0.272 e. The van der Waals surface area contributed by atoms with Gasteiger partial charge in [0, 0.05) is 53.6 Å². The topological polar surface area (TPSA) is 139 Å². The number of nitrogens with zero attached hydrogens (tertiary/aromatic N) is 5. The van der Waals surface area contributed by atoms with Crippen LogP contribution in [-0.2, 0) is 16.3 Å². The molecule has 0 spiro atoms. The molecule has 0 saturated carbocycles. The van der Waals surface area contributed by atoms with Gasteiger partial charge in [-0.1, -0.05) is 36.4 Å². The molecule has 41 heavy (non-hydrogen) atoms. The van der Waals surface area contributed by atoms with Gasteiger partial charge in [0.05, 0.1) is 11.4 Å². The van der Waals surface area contributed by atoms with Crippen molar-refractivity contribution in [3.63, 3.8) is 0 Å². The van der Waals surface area contributed by atoms with Gasteiger partial charge >= 0.3 is 0 Å². The molecule has 4 aromatic heterocycles. The van der Waals surface area contributed by atoms with Crippen molar-refractivity contribution in [2.75, 3.05) is 12.0 Å². The number of hydrogen-bond acceptors (Lipinski definition) is 7. The highest BCUT2D eigenvalue weighted by molar-refractivity contribution is 7.91. The van der Waals surface area contributed by atoms with E-state index in [1.807, 2.05) is 60.4 Å². The van der Waals surface area contributed by atoms with Crippen LogP contribution in [0, 0.1) is 0 Å². The Labute approximate surface area is 238 Å². The van der Waals surface area contributed by atoms with Gasteiger partial charge in [0.25, 0.3) is 5.91 Å². The Morgan fingerprint density at radius 1 is 1.07 bits per heavy atom. The number of fused-ring (bicyclic) bond motifs is 1. The summed E-state index contributed by atoms with van der Waals surface area (Å²) in [7, 11) is -3.68. The van der Waals surface area contributed by atoms with E-state index in [1.165, 1.54) is 0 Å². The van der Waals surface area contributed by atoms with Gasteiger partial charge in [0.2, 0.25) is 0 Å². The van der Waals surface area contributed by atoms with Crippen molar-refractivity contribution in [1.82, 2.24) is 29.5 Å². The van der Waals surface area contributed by atoms with Gasteiger partial charge in [-0.15, -0.1) is 0 Å². The van der Waals surface area contributed by atoms with Gasteiger partial charge in [-0.25, -0.2) is 13.4 Å². The maximum atomic E-state index is 13.2. The maximum absolute atomic E-state index is 13.2. The van der Waals surface area contributed by atoms with Gasteiger partial charge in [-0.3, -0.25) is 19.3 Å². The molecular formula is C30H31N7O3S. The number of nitrogens with two attached hydrogens (primary N) is 1. The molecule has 3 N–H and O–H groups in total. The summed E-state index contributed by atoms with van der Waals surface area (Å²) in [6, 6.07) is 17.4. The second kappa shape index (κ2) is 10.5. The molecule has 1 amide bonds. The van der Waals surface area contributed by atoms with Gasteiger partial charge in [-0.05, 0) is 50.8 Å². The zero-order valence-electron chi connectivity index (χ0n) is 22.9. The average Bonchev–Trinajstić information content (AvgIpc) is 3.72. The Hall–Kier alpha value is -4.51. The van der Waals surface area contributed by atoms with Crippen molar-refractivity contribution in [3.8, 4) is 22.4 Å². The molecule has 1 fully saturated rings. The molecule has 1 saturated heterocycles. The van der Waals surface area contributed by atoms with Crippen LogP contribution in [0.1, 0.15) is 42.4 Å². The molecule has 0 radical (unpaired) electrons. The van der Waals surface area contributed by atoms with E-state index in [4.69, 9.17) is 10.7 Å². The zero-order chi connectivity index (χ0) is 28.7. The van der Waals surface area contributed by atoms with E-state index in [0.717, 1.165) is 41.5 Å². The van der Waals surface area contributed by atoms with E-state index in [-0.39, 0.29) is 28.7 Å². The normalized spacial score (nSPS) is 17.4. The lowest BCUT2D eigenvalue weighted by atomic mass is 10.1. The summed E-state index contributed by atoms with van der Waals surface area (Å²) in [5, 5.41) is 6.67. The second-order valence-corrected chi connectivity index (χ2v) is 12.5. The Morgan fingerprint density at radius 3 is 2.56 bits per heavy atom. The number of pyridine rings is 1. The number of carbonyl (C=O) groups excluding carboxylic acids is 1. The zero-order valence-corrected chi connectivity index (χ0v) is 23.7. The number of nitrogens with one attached hydrogen (secondary N) is 1. The highest BCUT2D eigenvalue weighted by atomic mass is 32.2. The summed E-state index contributed by atoms with van der Waals surface area (Å²) in [5.41, 5.74) is 11.4. The molecule has 1 aliphatic rings. The molecule has 0 aliphatic carbocycles. The monoisotopic (exact) mass is 569 g/mol. The van der Waals surface area contributed by atoms with Crippen molar-refractivity contribution >= 4 is 27.2 Å². The molecule has 6 rings (SSSR count). The van der Waals surface area contributed by atoms with Crippen LogP contribution < -0.4 is 5.73 Å². The number of aromatic amines is 1. The van der Waals surface area contributed by atoms with E-state index in [2.05, 4.69) is 15.2 Å². The molecule has 2 atom stereocenters. The van der Waals surface area contributed by atoms with E-state index in [1.54, 1.807) is 29.1 Å². The second-order valence-electron chi connectivity index (χ2n) is 10.6. The number of nitrogen functional groups attached to an aromatic ring is 1. The minimum absolute atomic E-state index is 0.0298. The number of aryl methyl sites for hydroxylation is 1. The standard InChI is InChI=1S/C30H31N7O3S/c1-19-8-10-22(37(19)30(38)26-14-16-33-35-26)11-13-25-27(41(2,39)40)28(31)36-17-15-23(29(36)34-25)21-9-12-24(32-18-21)20-6-4-3-5-7-20/h3-7,9,12,14-19,22H,8,10-11,13,31H2,1-2H3,(H,33,35)/t19-,22-/m1/s1. The number of anilines is 1. The molecule has 0 unspecified atom stereocenters. The molecule has 5 aromatic rings. The first-order valence-corrected chi connectivity index (χ1v) is 15.4. The third-order valence-electron chi connectivity index (χ3n) is 7.84. The minimum atomic E-state index is -3.68. The van der Waals surface area contributed by atoms with Crippen molar-refractivity contribution in [2.24, 2.45) is 0 Å². The molecule has 1 aromatic carbocycles. The van der Waals surface area contributed by atoms with E-state index in [0.29, 0.717) is 29.9 Å². The fourth-order valence-electron chi connectivity index (χ4n) is 5.84. The van der Waals surface area contributed by atoms with Crippen LogP contribution in [0.3, 0.4) is 0 Å². The molecular weight excluding hydrogens is 538 g/mol. The highest BCUT2D eigenvalue weighted by Gasteiger charge is 2.35. The molecule has 11 heteroatoms. The quantitative estimate of drug-likeness (QED) is 0.296. The number of rotatable bonds is 7. The number of likely N-dealkylation sites (tertiary alicyclic amines) is 1. The number of amides is 1. The van der Waals surface area contributed by atoms with Crippen molar-refractivity contribution < 1.29 is 13.2 Å². The number of aromatic nitrogens is 5. The first-order valence-electron chi connectivity index (χ1n) is 13.6. The lowest BCUT2D eigenvalue weighted by Gasteiger charge is -2.28. The summed E-state index contributed by atoms with van der Waals surface area (Å²) in [4.78, 5) is 24.6. The van der Waals surface area contributed by atoms with Gasteiger partial charge < -0.3 is 10.6 Å². The maximum Gasteiger partial charge on any atom is 0.272 e. The van der Waals surface area contributed by atoms with Crippen LogP contribution in [0.4, 0.5) is 5.82 Å². The fourth-order valence-corrected chi connectivity index (χ4v) is 6.89. The SMILES string of the molecule is C[C@@H]1CC[C@H](CCc2nc3c(-c4ccc(-c5ccccc5)nc4)ccn3c(N)c2S(C)(=O)=O)N1C(=O)c1ccn[nH]1.